The summed E-state index contributed by atoms with van der Waals surface area (Å²) in [5.41, 5.74) is 0. The van der Waals surface area contributed by atoms with E-state index < -0.39 is 25.2 Å². The first kappa shape index (κ1) is 2.70. The second-order valence-corrected chi connectivity index (χ2v) is 1.03. The molecule has 2 heteroatoms. The molecule has 0 spiro atoms. The third-order valence-corrected chi connectivity index (χ3v) is 0.431. The molecule has 0 saturated carbocycles. The monoisotopic (exact) mass is 105 g/mol. The smallest absolute Gasteiger partial charge is 0.303 e. The van der Waals surface area contributed by atoms with Gasteiger partial charge in [0.25, 0.3) is 0 Å². The van der Waals surface area contributed by atoms with Crippen molar-refractivity contribution in [1.82, 2.24) is 0 Å². The van der Waals surface area contributed by atoms with Crippen LogP contribution >= 0.6 is 0 Å². The zero-order valence-corrected chi connectivity index (χ0v) is 4.09. The molecule has 0 heterocycles. The summed E-state index contributed by atoms with van der Waals surface area (Å²) in [6.45, 7) is 1.40. The van der Waals surface area contributed by atoms with Crippen LogP contribution in [-0.4, -0.2) is 11.1 Å². The lowest BCUT2D eigenvalue weighted by atomic mass is 10.3. The normalized spacial score (nSPS) is 28.4. The summed E-state index contributed by atoms with van der Waals surface area (Å²) in [7, 11) is 0. The molecule has 1 N–H and O–H groups in total. The van der Waals surface area contributed by atoms with E-state index in [0.717, 1.165) is 0 Å². The Hall–Kier alpha value is -0.530. The maximum absolute atomic E-state index is 10.1. The molecular formula is C5H10O2. The van der Waals surface area contributed by atoms with Crippen LogP contribution in [0.5, 0.6) is 0 Å². The summed E-state index contributed by atoms with van der Waals surface area (Å²) in [5, 5.41) is 8.21. The predicted molar refractivity (Wildman–Crippen MR) is 27.2 cm³/mol. The Bertz CT molecular complexity index is 126. The van der Waals surface area contributed by atoms with Gasteiger partial charge in [-0.25, -0.2) is 0 Å². The first-order valence-corrected chi connectivity index (χ1v) is 1.96. The van der Waals surface area contributed by atoms with E-state index in [0.29, 0.717) is 0 Å². The van der Waals surface area contributed by atoms with Crippen LogP contribution in [0.25, 0.3) is 0 Å². The fraction of sp³-hybridized carbons (Fsp3) is 0.800. The van der Waals surface area contributed by atoms with E-state index in [4.69, 9.17) is 9.22 Å². The molecule has 0 saturated heterocycles. The van der Waals surface area contributed by atoms with Gasteiger partial charge in [0, 0.05) is 10.5 Å². The lowest BCUT2D eigenvalue weighted by Crippen LogP contribution is -1.91. The van der Waals surface area contributed by atoms with Crippen molar-refractivity contribution in [3.63, 3.8) is 0 Å². The predicted octanol–water partition coefficient (Wildman–Crippen LogP) is 1.26. The van der Waals surface area contributed by atoms with E-state index in [1.807, 2.05) is 0 Å². The van der Waals surface area contributed by atoms with Gasteiger partial charge in [0.15, 0.2) is 0 Å². The van der Waals surface area contributed by atoms with Crippen molar-refractivity contribution in [3.05, 3.63) is 0 Å². The lowest BCUT2D eigenvalue weighted by Gasteiger charge is -1.85. The van der Waals surface area contributed by atoms with Crippen LogP contribution in [0.2, 0.25) is 0 Å². The van der Waals surface area contributed by atoms with E-state index in [9.17, 15) is 4.79 Å². The Labute approximate surface area is 47.4 Å². The van der Waals surface area contributed by atoms with Gasteiger partial charge < -0.3 is 5.11 Å². The number of carbonyl (C=O) groups is 1. The van der Waals surface area contributed by atoms with Crippen molar-refractivity contribution in [3.8, 4) is 0 Å². The molecule has 0 aromatic rings. The Morgan fingerprint density at radius 2 is 2.57 bits per heavy atom. The molecule has 3 atom stereocenters. The van der Waals surface area contributed by atoms with E-state index in [2.05, 4.69) is 0 Å². The van der Waals surface area contributed by atoms with Crippen molar-refractivity contribution >= 4 is 5.97 Å². The fourth-order valence-corrected chi connectivity index (χ4v) is 0.179. The topological polar surface area (TPSA) is 37.3 Å². The van der Waals surface area contributed by atoms with Gasteiger partial charge in [-0.05, 0) is 6.40 Å². The largest absolute Gasteiger partial charge is 0.481 e. The third kappa shape index (κ3) is 5.47. The highest BCUT2D eigenvalue weighted by Gasteiger charge is 1.90. The molecule has 0 fully saturated rings. The summed E-state index contributed by atoms with van der Waals surface area (Å²) in [6, 6.07) is 0. The maximum atomic E-state index is 10.1. The SMILES string of the molecule is [2H]C(C)C([2H])C([2H])C(=O)O. The highest BCUT2D eigenvalue weighted by Crippen LogP contribution is 1.91. The van der Waals surface area contributed by atoms with Gasteiger partial charge in [-0.3, -0.25) is 4.79 Å². The first-order valence-electron chi connectivity index (χ1n) is 3.69. The molecule has 0 aromatic heterocycles. The van der Waals surface area contributed by atoms with E-state index in [-0.39, 0.29) is 0 Å². The van der Waals surface area contributed by atoms with Crippen molar-refractivity contribution in [2.24, 2.45) is 0 Å². The quantitative estimate of drug-likeness (QED) is 0.586. The second kappa shape index (κ2) is 3.65. The number of hydrogen-bond donors (Lipinski definition) is 1. The highest BCUT2D eigenvalue weighted by atomic mass is 16.4. The molecule has 0 rings (SSSR count). The molecule has 7 heavy (non-hydrogen) atoms. The summed E-state index contributed by atoms with van der Waals surface area (Å²) in [5.74, 6) is -1.33. The Morgan fingerprint density at radius 3 is 2.71 bits per heavy atom. The minimum Gasteiger partial charge on any atom is -0.481 e. The Kier molecular flexibility index (Phi) is 1.41. The molecule has 42 valence electrons. The van der Waals surface area contributed by atoms with E-state index in [1.54, 1.807) is 0 Å². The van der Waals surface area contributed by atoms with Crippen molar-refractivity contribution in [1.29, 1.82) is 0 Å². The molecule has 0 aliphatic heterocycles. The molecule has 3 unspecified atom stereocenters. The number of rotatable bonds is 3. The van der Waals surface area contributed by atoms with Crippen LogP contribution in [-0.2, 0) is 4.79 Å². The summed E-state index contributed by atoms with van der Waals surface area (Å²) in [4.78, 5) is 10.1. The van der Waals surface area contributed by atoms with Gasteiger partial charge in [-0.1, -0.05) is 13.3 Å². The molecule has 0 bridgehead atoms. The minimum atomic E-state index is -1.49. The highest BCUT2D eigenvalue weighted by molar-refractivity contribution is 5.66. The minimum absolute atomic E-state index is 0.821. The van der Waals surface area contributed by atoms with Gasteiger partial charge in [0.1, 0.15) is 0 Å². The average Bonchev–Trinajstić information content (AvgIpc) is 1.84. The van der Waals surface area contributed by atoms with Gasteiger partial charge in [-0.15, -0.1) is 0 Å². The van der Waals surface area contributed by atoms with Gasteiger partial charge >= 0.3 is 5.97 Å². The van der Waals surface area contributed by atoms with Gasteiger partial charge in [-0.2, -0.15) is 0 Å². The molecule has 0 aliphatic rings. The van der Waals surface area contributed by atoms with Crippen LogP contribution in [0.4, 0.5) is 0 Å². The number of carboxylic acids is 1. The number of hydrogen-bond acceptors (Lipinski definition) is 1. The van der Waals surface area contributed by atoms with Crippen molar-refractivity contribution in [2.75, 3.05) is 0 Å². The summed E-state index contributed by atoms with van der Waals surface area (Å²) in [6.07, 6.45) is -3.47. The van der Waals surface area contributed by atoms with Crippen LogP contribution < -0.4 is 0 Å². The molecule has 0 amide bonds. The van der Waals surface area contributed by atoms with Crippen molar-refractivity contribution in [2.45, 2.75) is 26.1 Å². The van der Waals surface area contributed by atoms with Gasteiger partial charge in [0.05, 0.1) is 0 Å². The standard InChI is InChI=1S/C5H10O2/c1-2-3-4-5(6)7/h2-4H2,1H3,(H,6,7)/i2D,3D,4D. The third-order valence-electron chi connectivity index (χ3n) is 0.431. The zero-order chi connectivity index (χ0) is 8.31. The molecule has 2 nitrogen and oxygen atoms in total. The average molecular weight is 105 g/mol. The summed E-state index contributed by atoms with van der Waals surface area (Å²) >= 11 is 0. The molecule has 0 radical (unpaired) electrons. The number of carboxylic acid groups (broad SMARTS) is 1. The molecular weight excluding hydrogens is 92.1 g/mol. The molecule has 0 aliphatic carbocycles. The Morgan fingerprint density at radius 1 is 2.00 bits per heavy atom. The number of aliphatic carboxylic acids is 1. The zero-order valence-electron chi connectivity index (χ0n) is 7.09. The summed E-state index contributed by atoms with van der Waals surface area (Å²) < 4.78 is 20.8. The molecule has 0 aromatic carbocycles. The Balaban J connectivity index is 3.94. The van der Waals surface area contributed by atoms with Crippen LogP contribution in [0.15, 0.2) is 0 Å². The van der Waals surface area contributed by atoms with E-state index in [1.165, 1.54) is 6.92 Å². The van der Waals surface area contributed by atoms with Gasteiger partial charge in [0.2, 0.25) is 0 Å². The van der Waals surface area contributed by atoms with Crippen molar-refractivity contribution < 1.29 is 14.0 Å². The van der Waals surface area contributed by atoms with Crippen LogP contribution in [0, 0.1) is 0 Å². The van der Waals surface area contributed by atoms with Crippen LogP contribution in [0.1, 0.15) is 30.2 Å². The maximum Gasteiger partial charge on any atom is 0.303 e. The van der Waals surface area contributed by atoms with Crippen LogP contribution in [0.3, 0.4) is 0 Å². The first-order chi connectivity index (χ1) is 4.46. The second-order valence-electron chi connectivity index (χ2n) is 1.03. The lowest BCUT2D eigenvalue weighted by molar-refractivity contribution is -0.137. The fourth-order valence-electron chi connectivity index (χ4n) is 0.179. The van der Waals surface area contributed by atoms with E-state index >= 15 is 0 Å².